The molecular formula is C26H24FNO3. The minimum Gasteiger partial charge on any atom is -0.369 e. The van der Waals surface area contributed by atoms with E-state index in [0.717, 1.165) is 16.5 Å². The fraction of sp³-hybridized carbons (Fsp3) is 0.269. The van der Waals surface area contributed by atoms with Gasteiger partial charge in [-0.3, -0.25) is 0 Å². The van der Waals surface area contributed by atoms with E-state index in [0.29, 0.717) is 49.2 Å². The van der Waals surface area contributed by atoms with Crippen LogP contribution in [0.1, 0.15) is 28.5 Å². The zero-order valence-electron chi connectivity index (χ0n) is 17.2. The largest absolute Gasteiger partial charge is 0.369 e. The van der Waals surface area contributed by atoms with Crippen molar-refractivity contribution in [1.29, 1.82) is 5.26 Å². The van der Waals surface area contributed by atoms with Gasteiger partial charge in [0, 0.05) is 10.9 Å². The van der Waals surface area contributed by atoms with E-state index in [-0.39, 0.29) is 11.9 Å². The zero-order valence-corrected chi connectivity index (χ0v) is 17.2. The third-order valence-corrected chi connectivity index (χ3v) is 5.41. The Morgan fingerprint density at radius 3 is 2.55 bits per heavy atom. The first-order valence-corrected chi connectivity index (χ1v) is 10.3. The van der Waals surface area contributed by atoms with Crippen LogP contribution in [0.15, 0.2) is 67.3 Å². The molecule has 0 unspecified atom stereocenters. The molecule has 1 aliphatic rings. The molecule has 1 fully saturated rings. The molecule has 0 bridgehead atoms. The van der Waals surface area contributed by atoms with Crippen LogP contribution in [0.4, 0.5) is 4.39 Å². The zero-order chi connectivity index (χ0) is 21.6. The second kappa shape index (κ2) is 9.84. The predicted octanol–water partition coefficient (Wildman–Crippen LogP) is 5.25. The highest BCUT2D eigenvalue weighted by Gasteiger charge is 2.24. The number of hydrogen-bond donors (Lipinski definition) is 0. The summed E-state index contributed by atoms with van der Waals surface area (Å²) >= 11 is 0. The fourth-order valence-electron chi connectivity index (χ4n) is 3.70. The lowest BCUT2D eigenvalue weighted by Gasteiger charge is -2.29. The van der Waals surface area contributed by atoms with Crippen molar-refractivity contribution in [2.24, 2.45) is 0 Å². The van der Waals surface area contributed by atoms with Crippen molar-refractivity contribution >= 4 is 10.8 Å². The standard InChI is InChI=1S/C26H24FNO3/c1-2-13-29-23-16-30-26(31-17-23)22-11-12-24-21(14-22)10-9-20(25(24)27)8-7-18-3-5-19(15-28)6-4-18/h2-6,9-12,14,23,26H,1,7-8,13,16-17H2. The van der Waals surface area contributed by atoms with E-state index < -0.39 is 6.29 Å². The van der Waals surface area contributed by atoms with E-state index in [1.54, 1.807) is 24.3 Å². The highest BCUT2D eigenvalue weighted by atomic mass is 19.1. The minimum atomic E-state index is -0.480. The molecule has 1 heterocycles. The summed E-state index contributed by atoms with van der Waals surface area (Å²) < 4.78 is 32.2. The molecule has 158 valence electrons. The lowest BCUT2D eigenvalue weighted by Crippen LogP contribution is -2.33. The molecule has 1 saturated heterocycles. The quantitative estimate of drug-likeness (QED) is 0.493. The van der Waals surface area contributed by atoms with E-state index in [9.17, 15) is 0 Å². The molecule has 0 atom stereocenters. The number of fused-ring (bicyclic) bond motifs is 1. The summed E-state index contributed by atoms with van der Waals surface area (Å²) in [5.74, 6) is -0.193. The van der Waals surface area contributed by atoms with Crippen LogP contribution in [0.25, 0.3) is 10.8 Å². The minimum absolute atomic E-state index is 0.106. The van der Waals surface area contributed by atoms with E-state index in [4.69, 9.17) is 19.5 Å². The van der Waals surface area contributed by atoms with E-state index >= 15 is 4.39 Å². The normalized spacial score (nSPS) is 18.6. The Morgan fingerprint density at radius 1 is 1.06 bits per heavy atom. The Morgan fingerprint density at radius 2 is 1.84 bits per heavy atom. The number of rotatable bonds is 7. The van der Waals surface area contributed by atoms with Gasteiger partial charge in [-0.15, -0.1) is 6.58 Å². The molecule has 0 spiro atoms. The van der Waals surface area contributed by atoms with Crippen molar-refractivity contribution in [3.8, 4) is 6.07 Å². The van der Waals surface area contributed by atoms with Gasteiger partial charge in [-0.2, -0.15) is 5.26 Å². The Balaban J connectivity index is 1.44. The molecule has 4 nitrogen and oxygen atoms in total. The van der Waals surface area contributed by atoms with Crippen LogP contribution in [0, 0.1) is 17.1 Å². The number of aryl methyl sites for hydroxylation is 2. The summed E-state index contributed by atoms with van der Waals surface area (Å²) in [5.41, 5.74) is 3.24. The van der Waals surface area contributed by atoms with Crippen molar-refractivity contribution in [1.82, 2.24) is 0 Å². The highest BCUT2D eigenvalue weighted by molar-refractivity contribution is 5.84. The van der Waals surface area contributed by atoms with Gasteiger partial charge in [0.1, 0.15) is 11.9 Å². The lowest BCUT2D eigenvalue weighted by molar-refractivity contribution is -0.228. The molecular weight excluding hydrogens is 393 g/mol. The van der Waals surface area contributed by atoms with Crippen LogP contribution in [-0.4, -0.2) is 25.9 Å². The summed E-state index contributed by atoms with van der Waals surface area (Å²) in [7, 11) is 0. The smallest absolute Gasteiger partial charge is 0.184 e. The van der Waals surface area contributed by atoms with Crippen molar-refractivity contribution in [3.05, 3.63) is 95.3 Å². The number of ether oxygens (including phenoxy) is 3. The molecule has 0 aromatic heterocycles. The molecule has 31 heavy (non-hydrogen) atoms. The fourth-order valence-corrected chi connectivity index (χ4v) is 3.70. The van der Waals surface area contributed by atoms with Crippen LogP contribution in [0.2, 0.25) is 0 Å². The Kier molecular flexibility index (Phi) is 6.73. The SMILES string of the molecule is C=CCOC1COC(c2ccc3c(F)c(CCc4ccc(C#N)cc4)ccc3c2)OC1. The van der Waals surface area contributed by atoms with Crippen molar-refractivity contribution < 1.29 is 18.6 Å². The van der Waals surface area contributed by atoms with Crippen LogP contribution in [0.3, 0.4) is 0 Å². The monoisotopic (exact) mass is 417 g/mol. The summed E-state index contributed by atoms with van der Waals surface area (Å²) in [5, 5.41) is 10.3. The first kappa shape index (κ1) is 21.2. The Bertz CT molecular complexity index is 1100. The van der Waals surface area contributed by atoms with Gasteiger partial charge in [0.15, 0.2) is 6.29 Å². The summed E-state index contributed by atoms with van der Waals surface area (Å²) in [6, 6.07) is 18.9. The molecule has 0 aliphatic carbocycles. The molecule has 0 N–H and O–H groups in total. The van der Waals surface area contributed by atoms with Gasteiger partial charge in [-0.1, -0.05) is 42.5 Å². The number of benzene rings is 3. The molecule has 0 saturated carbocycles. The average Bonchev–Trinajstić information content (AvgIpc) is 2.83. The van der Waals surface area contributed by atoms with Crippen molar-refractivity contribution in [2.45, 2.75) is 25.2 Å². The summed E-state index contributed by atoms with van der Waals surface area (Å²) in [6.45, 7) is 4.99. The van der Waals surface area contributed by atoms with E-state index in [1.165, 1.54) is 0 Å². The van der Waals surface area contributed by atoms with Crippen LogP contribution in [0.5, 0.6) is 0 Å². The molecule has 1 aliphatic heterocycles. The number of hydrogen-bond acceptors (Lipinski definition) is 4. The van der Waals surface area contributed by atoms with E-state index in [1.807, 2.05) is 36.4 Å². The average molecular weight is 417 g/mol. The van der Waals surface area contributed by atoms with Crippen LogP contribution >= 0.6 is 0 Å². The van der Waals surface area contributed by atoms with Gasteiger partial charge in [-0.05, 0) is 47.6 Å². The van der Waals surface area contributed by atoms with Crippen LogP contribution in [-0.2, 0) is 27.1 Å². The van der Waals surface area contributed by atoms with Gasteiger partial charge < -0.3 is 14.2 Å². The maximum atomic E-state index is 15.1. The van der Waals surface area contributed by atoms with Crippen LogP contribution < -0.4 is 0 Å². The van der Waals surface area contributed by atoms with Gasteiger partial charge in [0.05, 0.1) is 31.5 Å². The van der Waals surface area contributed by atoms with Gasteiger partial charge in [-0.25, -0.2) is 4.39 Å². The van der Waals surface area contributed by atoms with Crippen molar-refractivity contribution in [3.63, 3.8) is 0 Å². The lowest BCUT2D eigenvalue weighted by atomic mass is 9.98. The highest BCUT2D eigenvalue weighted by Crippen LogP contribution is 2.29. The number of halogens is 1. The van der Waals surface area contributed by atoms with Gasteiger partial charge in [0.2, 0.25) is 0 Å². The summed E-state index contributed by atoms with van der Waals surface area (Å²) in [4.78, 5) is 0. The second-order valence-electron chi connectivity index (χ2n) is 7.57. The predicted molar refractivity (Wildman–Crippen MR) is 117 cm³/mol. The van der Waals surface area contributed by atoms with E-state index in [2.05, 4.69) is 12.6 Å². The second-order valence-corrected chi connectivity index (χ2v) is 7.57. The summed E-state index contributed by atoms with van der Waals surface area (Å²) in [6.07, 6.45) is 2.42. The molecule has 5 heteroatoms. The third-order valence-electron chi connectivity index (χ3n) is 5.41. The maximum absolute atomic E-state index is 15.1. The molecule has 3 aromatic rings. The number of nitrogens with zero attached hydrogens (tertiary/aromatic N) is 1. The topological polar surface area (TPSA) is 51.5 Å². The molecule has 0 radical (unpaired) electrons. The number of nitriles is 1. The van der Waals surface area contributed by atoms with Crippen molar-refractivity contribution in [2.75, 3.05) is 19.8 Å². The Hall–Kier alpha value is -3.04. The van der Waals surface area contributed by atoms with Gasteiger partial charge >= 0.3 is 0 Å². The first-order valence-electron chi connectivity index (χ1n) is 10.3. The molecule has 0 amide bonds. The third kappa shape index (κ3) is 5.00. The van der Waals surface area contributed by atoms with Gasteiger partial charge in [0.25, 0.3) is 0 Å². The maximum Gasteiger partial charge on any atom is 0.184 e. The molecule has 3 aromatic carbocycles. The first-order chi connectivity index (χ1) is 15.2. The Labute approximate surface area is 181 Å². The molecule has 4 rings (SSSR count).